The summed E-state index contributed by atoms with van der Waals surface area (Å²) in [6.07, 6.45) is 1.04. The Bertz CT molecular complexity index is 360. The van der Waals surface area contributed by atoms with Crippen molar-refractivity contribution >= 4 is 11.8 Å². The van der Waals surface area contributed by atoms with Crippen LogP contribution in [0.3, 0.4) is 0 Å². The summed E-state index contributed by atoms with van der Waals surface area (Å²) in [7, 11) is 1.67. The highest BCUT2D eigenvalue weighted by Gasteiger charge is 2.11. The molecule has 0 saturated heterocycles. The molecule has 0 amide bonds. The van der Waals surface area contributed by atoms with Crippen LogP contribution in [0.4, 0.5) is 4.39 Å². The van der Waals surface area contributed by atoms with Gasteiger partial charge in [-0.3, -0.25) is 0 Å². The molecule has 0 heterocycles. The van der Waals surface area contributed by atoms with Gasteiger partial charge < -0.3 is 10.1 Å². The van der Waals surface area contributed by atoms with Crippen LogP contribution >= 0.6 is 11.8 Å². The van der Waals surface area contributed by atoms with Gasteiger partial charge in [0.05, 0.1) is 6.61 Å². The minimum absolute atomic E-state index is 0.119. The summed E-state index contributed by atoms with van der Waals surface area (Å²) in [4.78, 5) is 0.775. The lowest BCUT2D eigenvalue weighted by Gasteiger charge is -2.14. The monoisotopic (exact) mass is 271 g/mol. The number of hydrogen-bond acceptors (Lipinski definition) is 3. The minimum Gasteiger partial charge on any atom is -0.383 e. The van der Waals surface area contributed by atoms with Crippen molar-refractivity contribution in [2.24, 2.45) is 0 Å². The zero-order chi connectivity index (χ0) is 13.4. The number of rotatable bonds is 8. The summed E-state index contributed by atoms with van der Waals surface area (Å²) in [5.74, 6) is -0.119. The maximum absolute atomic E-state index is 13.8. The molecule has 0 aromatic heterocycles. The van der Waals surface area contributed by atoms with Crippen molar-refractivity contribution in [3.63, 3.8) is 0 Å². The third kappa shape index (κ3) is 4.96. The van der Waals surface area contributed by atoms with E-state index in [2.05, 4.69) is 19.2 Å². The first-order chi connectivity index (χ1) is 8.69. The third-order valence-corrected chi connectivity index (χ3v) is 4.17. The van der Waals surface area contributed by atoms with Crippen molar-refractivity contribution < 1.29 is 9.13 Å². The van der Waals surface area contributed by atoms with E-state index in [1.54, 1.807) is 24.9 Å². The quantitative estimate of drug-likeness (QED) is 0.578. The lowest BCUT2D eigenvalue weighted by Crippen LogP contribution is -2.19. The molecule has 0 aliphatic carbocycles. The lowest BCUT2D eigenvalue weighted by molar-refractivity contribution is 0.199. The van der Waals surface area contributed by atoms with Gasteiger partial charge in [0.15, 0.2) is 0 Å². The SMILES string of the molecule is CCC(C)Sc1c(F)cccc1CNCCOC. The predicted molar refractivity (Wildman–Crippen MR) is 75.6 cm³/mol. The number of halogens is 1. The van der Waals surface area contributed by atoms with Gasteiger partial charge in [-0.05, 0) is 18.1 Å². The average Bonchev–Trinajstić information content (AvgIpc) is 2.38. The summed E-state index contributed by atoms with van der Waals surface area (Å²) in [6.45, 7) is 6.37. The second kappa shape index (κ2) is 8.51. The average molecular weight is 271 g/mol. The normalized spacial score (nSPS) is 12.7. The van der Waals surface area contributed by atoms with Gasteiger partial charge in [0.1, 0.15) is 5.82 Å². The van der Waals surface area contributed by atoms with Gasteiger partial charge in [-0.25, -0.2) is 4.39 Å². The van der Waals surface area contributed by atoms with E-state index >= 15 is 0 Å². The van der Waals surface area contributed by atoms with Crippen LogP contribution in [0, 0.1) is 5.82 Å². The first kappa shape index (κ1) is 15.5. The number of nitrogens with one attached hydrogen (secondary N) is 1. The molecule has 2 nitrogen and oxygen atoms in total. The summed E-state index contributed by atoms with van der Waals surface area (Å²) in [5.41, 5.74) is 1.02. The van der Waals surface area contributed by atoms with Crippen LogP contribution in [0.1, 0.15) is 25.8 Å². The van der Waals surface area contributed by atoms with Gasteiger partial charge in [0.25, 0.3) is 0 Å². The predicted octanol–water partition coefficient (Wildman–Crippen LogP) is 3.45. The molecule has 1 atom stereocenters. The van der Waals surface area contributed by atoms with E-state index in [1.807, 2.05) is 6.07 Å². The van der Waals surface area contributed by atoms with Crippen LogP contribution in [-0.4, -0.2) is 25.5 Å². The molecular formula is C14H22FNOS. The van der Waals surface area contributed by atoms with Gasteiger partial charge in [-0.2, -0.15) is 0 Å². The van der Waals surface area contributed by atoms with Crippen molar-refractivity contribution in [2.45, 2.75) is 37.0 Å². The molecular weight excluding hydrogens is 249 g/mol. The van der Waals surface area contributed by atoms with Crippen molar-refractivity contribution in [3.8, 4) is 0 Å². The van der Waals surface area contributed by atoms with E-state index < -0.39 is 0 Å². The highest BCUT2D eigenvalue weighted by atomic mass is 32.2. The Morgan fingerprint density at radius 3 is 2.89 bits per heavy atom. The van der Waals surface area contributed by atoms with Crippen LogP contribution in [0.15, 0.2) is 23.1 Å². The van der Waals surface area contributed by atoms with Gasteiger partial charge >= 0.3 is 0 Å². The number of methoxy groups -OCH3 is 1. The Morgan fingerprint density at radius 2 is 2.22 bits per heavy atom. The molecule has 0 aliphatic rings. The molecule has 1 N–H and O–H groups in total. The van der Waals surface area contributed by atoms with Crippen LogP contribution in [0.2, 0.25) is 0 Å². The Kier molecular flexibility index (Phi) is 7.32. The van der Waals surface area contributed by atoms with Gasteiger partial charge in [-0.15, -0.1) is 11.8 Å². The van der Waals surface area contributed by atoms with E-state index in [0.29, 0.717) is 18.4 Å². The molecule has 1 aromatic rings. The number of ether oxygens (including phenoxy) is 1. The zero-order valence-corrected chi connectivity index (χ0v) is 12.1. The molecule has 1 rings (SSSR count). The summed E-state index contributed by atoms with van der Waals surface area (Å²) < 4.78 is 18.8. The Hall–Kier alpha value is -0.580. The minimum atomic E-state index is -0.119. The maximum atomic E-state index is 13.8. The number of benzene rings is 1. The first-order valence-corrected chi connectivity index (χ1v) is 7.20. The number of thioether (sulfide) groups is 1. The molecule has 0 bridgehead atoms. The topological polar surface area (TPSA) is 21.3 Å². The Morgan fingerprint density at radius 1 is 1.44 bits per heavy atom. The van der Waals surface area contributed by atoms with E-state index in [0.717, 1.165) is 23.4 Å². The second-order valence-electron chi connectivity index (χ2n) is 4.23. The van der Waals surface area contributed by atoms with E-state index in [-0.39, 0.29) is 5.82 Å². The van der Waals surface area contributed by atoms with Crippen molar-refractivity contribution in [1.82, 2.24) is 5.32 Å². The Balaban J connectivity index is 2.67. The fraction of sp³-hybridized carbons (Fsp3) is 0.571. The van der Waals surface area contributed by atoms with Gasteiger partial charge in [-0.1, -0.05) is 26.0 Å². The molecule has 0 radical (unpaired) electrons. The van der Waals surface area contributed by atoms with Crippen LogP contribution < -0.4 is 5.32 Å². The van der Waals surface area contributed by atoms with E-state index in [9.17, 15) is 4.39 Å². The molecule has 0 spiro atoms. The fourth-order valence-corrected chi connectivity index (χ4v) is 2.55. The molecule has 1 unspecified atom stereocenters. The first-order valence-electron chi connectivity index (χ1n) is 6.32. The maximum Gasteiger partial charge on any atom is 0.137 e. The van der Waals surface area contributed by atoms with E-state index in [1.165, 1.54) is 6.07 Å². The highest BCUT2D eigenvalue weighted by molar-refractivity contribution is 8.00. The molecule has 0 saturated carbocycles. The highest BCUT2D eigenvalue weighted by Crippen LogP contribution is 2.30. The molecule has 0 aliphatic heterocycles. The molecule has 4 heteroatoms. The molecule has 18 heavy (non-hydrogen) atoms. The van der Waals surface area contributed by atoms with Crippen molar-refractivity contribution in [3.05, 3.63) is 29.6 Å². The molecule has 0 fully saturated rings. The van der Waals surface area contributed by atoms with Crippen LogP contribution in [0.25, 0.3) is 0 Å². The fourth-order valence-electron chi connectivity index (χ4n) is 1.51. The lowest BCUT2D eigenvalue weighted by atomic mass is 10.2. The number of hydrogen-bond donors (Lipinski definition) is 1. The van der Waals surface area contributed by atoms with Crippen molar-refractivity contribution in [2.75, 3.05) is 20.3 Å². The van der Waals surface area contributed by atoms with E-state index in [4.69, 9.17) is 4.74 Å². The summed E-state index contributed by atoms with van der Waals surface area (Å²) in [6, 6.07) is 5.28. The van der Waals surface area contributed by atoms with Crippen LogP contribution in [-0.2, 0) is 11.3 Å². The van der Waals surface area contributed by atoms with Gasteiger partial charge in [0, 0.05) is 30.3 Å². The van der Waals surface area contributed by atoms with Crippen molar-refractivity contribution in [1.29, 1.82) is 0 Å². The molecule has 102 valence electrons. The zero-order valence-electron chi connectivity index (χ0n) is 11.3. The summed E-state index contributed by atoms with van der Waals surface area (Å²) >= 11 is 1.61. The summed E-state index contributed by atoms with van der Waals surface area (Å²) in [5, 5.41) is 3.69. The third-order valence-electron chi connectivity index (χ3n) is 2.74. The smallest absolute Gasteiger partial charge is 0.137 e. The molecule has 1 aromatic carbocycles. The Labute approximate surface area is 113 Å². The standard InChI is InChI=1S/C14H22FNOS/c1-4-11(2)18-14-12(6-5-7-13(14)15)10-16-8-9-17-3/h5-7,11,16H,4,8-10H2,1-3H3. The second-order valence-corrected chi connectivity index (χ2v) is 5.68. The van der Waals surface area contributed by atoms with Gasteiger partial charge in [0.2, 0.25) is 0 Å². The largest absolute Gasteiger partial charge is 0.383 e. The van der Waals surface area contributed by atoms with Crippen LogP contribution in [0.5, 0.6) is 0 Å².